The lowest BCUT2D eigenvalue weighted by molar-refractivity contribution is 0.557. The van der Waals surface area contributed by atoms with E-state index in [9.17, 15) is 8.42 Å². The number of thiazole rings is 1. The van der Waals surface area contributed by atoms with Gasteiger partial charge in [0.1, 0.15) is 5.15 Å². The molecule has 4 rings (SSSR count). The van der Waals surface area contributed by atoms with Gasteiger partial charge in [-0.1, -0.05) is 29.3 Å². The molecule has 1 unspecified atom stereocenters. The second kappa shape index (κ2) is 6.27. The summed E-state index contributed by atoms with van der Waals surface area (Å²) < 4.78 is 27.5. The molecule has 0 aliphatic heterocycles. The molecule has 1 atom stereocenters. The molecule has 2 aromatic heterocycles. The van der Waals surface area contributed by atoms with Crippen molar-refractivity contribution in [1.29, 1.82) is 0 Å². The highest BCUT2D eigenvalue weighted by atomic mass is 35.5. The number of aromatic nitrogens is 2. The number of rotatable bonds is 3. The largest absolute Gasteiger partial charge is 0.267 e. The zero-order valence-corrected chi connectivity index (χ0v) is 16.0. The van der Waals surface area contributed by atoms with Crippen molar-refractivity contribution < 1.29 is 8.42 Å². The van der Waals surface area contributed by atoms with E-state index < -0.39 is 10.0 Å². The highest BCUT2D eigenvalue weighted by molar-refractivity contribution is 7.90. The average molecular weight is 393 g/mol. The Morgan fingerprint density at radius 2 is 2.00 bits per heavy atom. The van der Waals surface area contributed by atoms with Crippen LogP contribution in [-0.2, 0) is 22.9 Å². The van der Waals surface area contributed by atoms with Gasteiger partial charge in [-0.05, 0) is 49.9 Å². The highest BCUT2D eigenvalue weighted by Gasteiger charge is 2.29. The molecule has 0 N–H and O–H groups in total. The van der Waals surface area contributed by atoms with Gasteiger partial charge < -0.3 is 0 Å². The van der Waals surface area contributed by atoms with E-state index in [-0.39, 0.29) is 5.92 Å². The van der Waals surface area contributed by atoms with E-state index in [1.54, 1.807) is 29.7 Å². The summed E-state index contributed by atoms with van der Waals surface area (Å²) in [6.07, 6.45) is 4.16. The first-order chi connectivity index (χ1) is 11.9. The number of hydrogen-bond acceptors (Lipinski definition) is 4. The van der Waals surface area contributed by atoms with Crippen LogP contribution in [0.15, 0.2) is 46.8 Å². The van der Waals surface area contributed by atoms with Crippen molar-refractivity contribution in [3.63, 3.8) is 0 Å². The fraction of sp³-hybridized carbons (Fsp3) is 0.278. The smallest absolute Gasteiger partial charge is 0.246 e. The molecular formula is C18H17ClN2O2S2. The Kier molecular flexibility index (Phi) is 4.22. The fourth-order valence-electron chi connectivity index (χ4n) is 3.31. The Hall–Kier alpha value is -1.63. The van der Waals surface area contributed by atoms with Crippen LogP contribution in [0, 0.1) is 6.92 Å². The molecule has 1 aliphatic rings. The topological polar surface area (TPSA) is 52.0 Å². The average Bonchev–Trinajstić information content (AvgIpc) is 3.21. The molecule has 7 heteroatoms. The number of aryl methyl sites for hydroxylation is 2. The van der Waals surface area contributed by atoms with Gasteiger partial charge >= 0.3 is 0 Å². The number of fused-ring (bicyclic) bond motifs is 1. The van der Waals surface area contributed by atoms with Gasteiger partial charge in [-0.15, -0.1) is 11.3 Å². The van der Waals surface area contributed by atoms with E-state index in [4.69, 9.17) is 11.6 Å². The second-order valence-corrected chi connectivity index (χ2v) is 9.44. The van der Waals surface area contributed by atoms with Crippen molar-refractivity contribution in [2.45, 2.75) is 37.0 Å². The van der Waals surface area contributed by atoms with E-state index in [2.05, 4.69) is 4.98 Å². The normalized spacial score (nSPS) is 17.4. The summed E-state index contributed by atoms with van der Waals surface area (Å²) >= 11 is 7.50. The molecule has 0 saturated carbocycles. The summed E-state index contributed by atoms with van der Waals surface area (Å²) in [5.74, 6) is 0.215. The quantitative estimate of drug-likeness (QED) is 0.663. The predicted octanol–water partition coefficient (Wildman–Crippen LogP) is 4.42. The molecule has 0 amide bonds. The summed E-state index contributed by atoms with van der Waals surface area (Å²) in [7, 11) is -3.58. The lowest BCUT2D eigenvalue weighted by Crippen LogP contribution is -2.20. The van der Waals surface area contributed by atoms with Gasteiger partial charge in [-0.25, -0.2) is 17.4 Å². The van der Waals surface area contributed by atoms with Crippen molar-refractivity contribution in [3.8, 4) is 0 Å². The Labute approximate surface area is 156 Å². The Morgan fingerprint density at radius 1 is 1.24 bits per heavy atom. The summed E-state index contributed by atoms with van der Waals surface area (Å²) in [5, 5.41) is 3.32. The van der Waals surface area contributed by atoms with Crippen molar-refractivity contribution >= 4 is 33.0 Å². The van der Waals surface area contributed by atoms with Gasteiger partial charge in [-0.2, -0.15) is 0 Å². The first-order valence-corrected chi connectivity index (χ1v) is 10.8. The fourth-order valence-corrected chi connectivity index (χ4v) is 5.81. The van der Waals surface area contributed by atoms with Crippen LogP contribution in [0.4, 0.5) is 0 Å². The number of nitrogens with zero attached hydrogens (tertiary/aromatic N) is 2. The standard InChI is InChI=1S/C18H17ClN2O2S2/c1-12-2-6-15(7-3-12)25(22,23)21-9-8-13-4-5-14(10-16(13)21)18-20-17(19)11-24-18/h2-3,6-9,11,14H,4-5,10H2,1H3. The van der Waals surface area contributed by atoms with Crippen LogP contribution in [0.25, 0.3) is 0 Å². The summed E-state index contributed by atoms with van der Waals surface area (Å²) in [6.45, 7) is 1.94. The maximum absolute atomic E-state index is 13.1. The van der Waals surface area contributed by atoms with Crippen molar-refractivity contribution in [1.82, 2.24) is 8.96 Å². The van der Waals surface area contributed by atoms with Crippen molar-refractivity contribution in [3.05, 3.63) is 68.9 Å². The van der Waals surface area contributed by atoms with Crippen LogP contribution in [0.3, 0.4) is 0 Å². The van der Waals surface area contributed by atoms with E-state index in [0.717, 1.165) is 34.7 Å². The van der Waals surface area contributed by atoms with Gasteiger partial charge in [0.05, 0.1) is 9.90 Å². The maximum atomic E-state index is 13.1. The Balaban J connectivity index is 1.72. The molecular weight excluding hydrogens is 376 g/mol. The van der Waals surface area contributed by atoms with E-state index in [0.29, 0.717) is 16.5 Å². The molecule has 130 valence electrons. The molecule has 0 saturated heterocycles. The zero-order chi connectivity index (χ0) is 17.6. The Morgan fingerprint density at radius 3 is 2.68 bits per heavy atom. The molecule has 2 heterocycles. The number of benzene rings is 1. The molecule has 0 bridgehead atoms. The van der Waals surface area contributed by atoms with Crippen LogP contribution >= 0.6 is 22.9 Å². The van der Waals surface area contributed by atoms with E-state index >= 15 is 0 Å². The van der Waals surface area contributed by atoms with Gasteiger partial charge in [0.15, 0.2) is 0 Å². The molecule has 4 nitrogen and oxygen atoms in total. The summed E-state index contributed by atoms with van der Waals surface area (Å²) in [5.41, 5.74) is 3.01. The van der Waals surface area contributed by atoms with Crippen LogP contribution in [0.5, 0.6) is 0 Å². The first kappa shape index (κ1) is 16.8. The zero-order valence-electron chi connectivity index (χ0n) is 13.6. The van der Waals surface area contributed by atoms with Crippen LogP contribution in [0.2, 0.25) is 5.15 Å². The minimum absolute atomic E-state index is 0.215. The van der Waals surface area contributed by atoms with Crippen LogP contribution in [-0.4, -0.2) is 17.4 Å². The SMILES string of the molecule is Cc1ccc(S(=O)(=O)n2ccc3c2CC(c2nc(Cl)cs2)CC3)cc1. The molecule has 25 heavy (non-hydrogen) atoms. The molecule has 0 radical (unpaired) electrons. The summed E-state index contributed by atoms with van der Waals surface area (Å²) in [4.78, 5) is 4.69. The third-order valence-electron chi connectivity index (χ3n) is 4.67. The minimum Gasteiger partial charge on any atom is -0.246 e. The van der Waals surface area contributed by atoms with E-state index in [1.807, 2.05) is 30.5 Å². The number of hydrogen-bond donors (Lipinski definition) is 0. The van der Waals surface area contributed by atoms with Gasteiger partial charge in [0, 0.05) is 23.2 Å². The maximum Gasteiger partial charge on any atom is 0.267 e. The monoisotopic (exact) mass is 392 g/mol. The van der Waals surface area contributed by atoms with Crippen LogP contribution < -0.4 is 0 Å². The molecule has 0 fully saturated rings. The van der Waals surface area contributed by atoms with Gasteiger partial charge in [0.25, 0.3) is 10.0 Å². The summed E-state index contributed by atoms with van der Waals surface area (Å²) in [6, 6.07) is 8.90. The van der Waals surface area contributed by atoms with Gasteiger partial charge in [-0.3, -0.25) is 0 Å². The Bertz CT molecular complexity index is 1020. The molecule has 1 aromatic carbocycles. The minimum atomic E-state index is -3.58. The van der Waals surface area contributed by atoms with Gasteiger partial charge in [0.2, 0.25) is 0 Å². The van der Waals surface area contributed by atoms with Crippen molar-refractivity contribution in [2.75, 3.05) is 0 Å². The second-order valence-electron chi connectivity index (χ2n) is 6.35. The lowest BCUT2D eigenvalue weighted by Gasteiger charge is -2.22. The third-order valence-corrected chi connectivity index (χ3v) is 7.73. The van der Waals surface area contributed by atoms with Crippen LogP contribution in [0.1, 0.15) is 34.2 Å². The van der Waals surface area contributed by atoms with E-state index in [1.165, 1.54) is 3.97 Å². The third kappa shape index (κ3) is 3.03. The highest BCUT2D eigenvalue weighted by Crippen LogP contribution is 2.36. The first-order valence-electron chi connectivity index (χ1n) is 8.07. The lowest BCUT2D eigenvalue weighted by atomic mass is 9.88. The molecule has 3 aromatic rings. The molecule has 1 aliphatic carbocycles. The predicted molar refractivity (Wildman–Crippen MR) is 100 cm³/mol. The number of halogens is 1. The van der Waals surface area contributed by atoms with Crippen molar-refractivity contribution in [2.24, 2.45) is 0 Å². The molecule has 0 spiro atoms.